The molecule has 0 radical (unpaired) electrons. The summed E-state index contributed by atoms with van der Waals surface area (Å²) in [6.45, 7) is 1.45. The zero-order chi connectivity index (χ0) is 74.8. The van der Waals surface area contributed by atoms with Gasteiger partial charge < -0.3 is 94.5 Å². The van der Waals surface area contributed by atoms with E-state index in [4.69, 9.17) is 52.6 Å². The molecule has 6 atom stereocenters. The number of nitrogens with two attached hydrogens (primary N) is 3. The lowest BCUT2D eigenvalue weighted by molar-refractivity contribution is -0.140. The minimum Gasteiger partial charge on any atom is -0.480 e. The number of aliphatic carboxylic acids is 6. The van der Waals surface area contributed by atoms with E-state index in [1.807, 2.05) is 0 Å². The number of hydrogen-bond donors (Lipinski definition) is 17. The fourth-order valence-electron chi connectivity index (χ4n) is 7.45. The third-order valence-corrected chi connectivity index (χ3v) is 15.4. The normalized spacial score (nSPS) is 12.1. The van der Waals surface area contributed by atoms with E-state index in [1.165, 1.54) is 25.3 Å². The van der Waals surface area contributed by atoms with Crippen LogP contribution >= 0.6 is 36.2 Å². The largest absolute Gasteiger partial charge is 0.480 e. The maximum absolute atomic E-state index is 13.1. The number of nitrogens with one attached hydrogen (secondary N) is 7. The number of esters is 2. The van der Waals surface area contributed by atoms with Gasteiger partial charge in [-0.2, -0.15) is 24.4 Å². The highest BCUT2D eigenvalue weighted by molar-refractivity contribution is 8.00. The lowest BCUT2D eigenvalue weighted by atomic mass is 9.99. The number of thiol groups is 1. The Bertz CT molecular complexity index is 3190. The Labute approximate surface area is 581 Å². The van der Waals surface area contributed by atoms with Crippen molar-refractivity contribution in [2.75, 3.05) is 73.3 Å². The van der Waals surface area contributed by atoms with Crippen LogP contribution in [0, 0.1) is 5.92 Å². The second kappa shape index (κ2) is 49.9. The molecule has 39 heteroatoms. The first-order valence-corrected chi connectivity index (χ1v) is 32.3. The molecule has 550 valence electrons. The van der Waals surface area contributed by atoms with Crippen molar-refractivity contribution in [2.24, 2.45) is 23.1 Å². The molecule has 0 aliphatic carbocycles. The van der Waals surface area contributed by atoms with Gasteiger partial charge in [0.1, 0.15) is 67.2 Å². The molecule has 36 nitrogen and oxygen atoms in total. The summed E-state index contributed by atoms with van der Waals surface area (Å²) in [6.07, 6.45) is -0.853. The molecule has 0 saturated heterocycles. The molecule has 2 rings (SSSR count). The summed E-state index contributed by atoms with van der Waals surface area (Å²) in [5, 5.41) is 69.1. The minimum absolute atomic E-state index is 0. The van der Waals surface area contributed by atoms with E-state index in [1.54, 1.807) is 32.0 Å². The summed E-state index contributed by atoms with van der Waals surface area (Å²) in [4.78, 5) is 211. The fourth-order valence-corrected chi connectivity index (χ4v) is 9.51. The monoisotopic (exact) mass is 1460 g/mol. The van der Waals surface area contributed by atoms with E-state index < -0.39 is 145 Å². The Morgan fingerprint density at radius 1 is 0.485 bits per heavy atom. The standard InChI is InChI=1S/C33H45N7O16S2.C15H19NO4.C11H18N2O6S.CH4/c1-56-33(55)16-2-5-21(38-26(44)15-58-14-23(30(50)37-11-28(47)48)40-25(43)7-4-20(35)32(53)54)17(8-16)9-18(41)12-57-13-22(29(49)36-10-27(45)46)39-24(42)6-3-19(34)31(51)52;1-4-12(17)9-11-8-10(15(19)20-3)6-7-13(11)16-14(18)5-2;12-8(11(18)19)2-1-7(14)3-6(5-20)10(17)13-4-9(15)16;/h2,5,8,19-20,22-23H,3-4,6-7,9-15,34-35H2,1H3,(H,36,49)(H,37,50)(H,38,44)(H,39,42)(H,40,43)(H,45,46)(H,47,48)(H,51,52)(H,53,54);6-8H,4-5,9H2,1-3H3,(H,16,18);6,8,20H,1-5,12H2,(H,13,17)(H,15,16)(H,18,19);1H4. The zero-order valence-corrected chi connectivity index (χ0v) is 56.2. The fraction of sp³-hybridized carbons (Fsp3) is 0.500. The molecule has 19 N–H and O–H groups in total. The Kier molecular flexibility index (Phi) is 46.1. The van der Waals surface area contributed by atoms with Gasteiger partial charge in [-0.05, 0) is 66.8 Å². The van der Waals surface area contributed by atoms with E-state index in [-0.39, 0.29) is 128 Å². The smallest absolute Gasteiger partial charge is 0.337 e. The molecule has 0 spiro atoms. The number of methoxy groups -OCH3 is 2. The first kappa shape index (κ1) is 91.5. The van der Waals surface area contributed by atoms with Gasteiger partial charge in [-0.1, -0.05) is 21.3 Å². The molecule has 7 amide bonds. The molecule has 0 bridgehead atoms. The molecule has 2 aromatic carbocycles. The Hall–Kier alpha value is -9.57. The van der Waals surface area contributed by atoms with Crippen molar-refractivity contribution in [3.05, 3.63) is 58.7 Å². The number of carbonyl (C=O) groups is 18. The van der Waals surface area contributed by atoms with Crippen LogP contribution in [0.1, 0.15) is 111 Å². The maximum atomic E-state index is 13.1. The van der Waals surface area contributed by atoms with E-state index in [0.717, 1.165) is 30.6 Å². The quantitative estimate of drug-likeness (QED) is 0.0268. The van der Waals surface area contributed by atoms with Crippen molar-refractivity contribution < 1.29 is 126 Å². The van der Waals surface area contributed by atoms with Gasteiger partial charge in [-0.15, -0.1) is 11.8 Å². The predicted molar refractivity (Wildman–Crippen MR) is 360 cm³/mol. The average molecular weight is 1460 g/mol. The molecule has 0 fully saturated rings. The van der Waals surface area contributed by atoms with Crippen molar-refractivity contribution in [3.63, 3.8) is 0 Å². The number of Topliss-reactive ketones (excluding diaryl/α,β-unsaturated/α-hetero) is 3. The van der Waals surface area contributed by atoms with E-state index in [0.29, 0.717) is 29.7 Å². The Morgan fingerprint density at radius 2 is 0.859 bits per heavy atom. The number of carbonyl (C=O) groups excluding carboxylic acids is 12. The van der Waals surface area contributed by atoms with Gasteiger partial charge in [0.25, 0.3) is 0 Å². The predicted octanol–water partition coefficient (Wildman–Crippen LogP) is -1.39. The molecule has 0 aliphatic heterocycles. The van der Waals surface area contributed by atoms with E-state index in [9.17, 15) is 86.3 Å². The van der Waals surface area contributed by atoms with Crippen molar-refractivity contribution >= 4 is 154 Å². The summed E-state index contributed by atoms with van der Waals surface area (Å²) >= 11 is 5.68. The number of benzene rings is 2. The van der Waals surface area contributed by atoms with Crippen molar-refractivity contribution in [1.82, 2.24) is 26.6 Å². The number of carboxylic acid groups (broad SMARTS) is 6. The number of amides is 7. The lowest BCUT2D eigenvalue weighted by Gasteiger charge is -2.18. The highest BCUT2D eigenvalue weighted by atomic mass is 32.2. The van der Waals surface area contributed by atoms with Crippen LogP contribution in [-0.2, 0) is 99.0 Å². The molecule has 0 aliphatic rings. The van der Waals surface area contributed by atoms with Crippen LogP contribution < -0.4 is 54.4 Å². The number of ketones is 3. The summed E-state index contributed by atoms with van der Waals surface area (Å²) < 4.78 is 9.39. The van der Waals surface area contributed by atoms with Crippen LogP contribution in [-0.4, -0.2) is 230 Å². The van der Waals surface area contributed by atoms with Crippen LogP contribution in [0.5, 0.6) is 0 Å². The molecule has 2 aromatic rings. The number of hydrogen-bond acceptors (Lipinski definition) is 26. The Balaban J connectivity index is 0. The number of ether oxygens (including phenoxy) is 2. The van der Waals surface area contributed by atoms with Gasteiger partial charge in [0.05, 0.1) is 42.8 Å². The maximum Gasteiger partial charge on any atom is 0.337 e. The molecule has 0 saturated carbocycles. The van der Waals surface area contributed by atoms with Gasteiger partial charge >= 0.3 is 47.8 Å². The van der Waals surface area contributed by atoms with Gasteiger partial charge in [0.15, 0.2) is 0 Å². The number of anilines is 2. The van der Waals surface area contributed by atoms with Crippen LogP contribution in [0.3, 0.4) is 0 Å². The second-order valence-corrected chi connectivity index (χ2v) is 23.1. The summed E-state index contributed by atoms with van der Waals surface area (Å²) in [5.41, 5.74) is 17.9. The molecular formula is C60H86N10O26S3. The highest BCUT2D eigenvalue weighted by Crippen LogP contribution is 2.23. The van der Waals surface area contributed by atoms with E-state index in [2.05, 4.69) is 54.6 Å². The van der Waals surface area contributed by atoms with Gasteiger partial charge in [-0.3, -0.25) is 76.7 Å². The highest BCUT2D eigenvalue weighted by Gasteiger charge is 2.27. The van der Waals surface area contributed by atoms with Crippen molar-refractivity contribution in [2.45, 2.75) is 122 Å². The molecule has 0 aromatic heterocycles. The summed E-state index contributed by atoms with van der Waals surface area (Å²) in [6, 6.07) is 2.27. The molecule has 6 unspecified atom stereocenters. The van der Waals surface area contributed by atoms with Crippen LogP contribution in [0.4, 0.5) is 11.4 Å². The van der Waals surface area contributed by atoms with Gasteiger partial charge in [0.2, 0.25) is 41.4 Å². The Morgan fingerprint density at radius 3 is 1.22 bits per heavy atom. The number of thioether (sulfide) groups is 2. The topological polar surface area (TPSA) is 609 Å². The second-order valence-electron chi connectivity index (χ2n) is 20.6. The summed E-state index contributed by atoms with van der Waals surface area (Å²) in [7, 11) is 2.42. The average Bonchev–Trinajstić information content (AvgIpc) is 0.853. The molecule has 99 heavy (non-hydrogen) atoms. The molecular weight excluding hydrogens is 1370 g/mol. The third-order valence-electron chi connectivity index (χ3n) is 12.8. The minimum atomic E-state index is -1.37. The van der Waals surface area contributed by atoms with Crippen LogP contribution in [0.25, 0.3) is 0 Å². The number of carboxylic acids is 6. The van der Waals surface area contributed by atoms with Gasteiger partial charge in [0, 0.05) is 80.0 Å². The zero-order valence-electron chi connectivity index (χ0n) is 53.7. The SMILES string of the molecule is C.CCC(=O)Cc1cc(C(=O)OC)ccc1NC(=O)CC.COC(=O)c1ccc(NC(=O)CSCC(NC(=O)CCC(N)C(=O)O)C(=O)NCC(=O)O)c(CC(=O)CSCC(NC(=O)CCC(N)C(=O)O)C(=O)NCC(=O)O)c1.NC(CCC(=O)CC(CS)C(=O)NCC(=O)O)C(=O)O. The molecule has 0 heterocycles. The lowest BCUT2D eigenvalue weighted by Crippen LogP contribution is -2.49. The van der Waals surface area contributed by atoms with Crippen LogP contribution in [0.2, 0.25) is 0 Å². The van der Waals surface area contributed by atoms with Crippen molar-refractivity contribution in [1.29, 1.82) is 0 Å². The first-order valence-electron chi connectivity index (χ1n) is 29.4. The third kappa shape index (κ3) is 40.0. The number of rotatable bonds is 44. The van der Waals surface area contributed by atoms with Crippen LogP contribution in [0.15, 0.2) is 36.4 Å². The van der Waals surface area contributed by atoms with Gasteiger partial charge in [-0.25, -0.2) is 9.59 Å². The first-order chi connectivity index (χ1) is 46.0. The van der Waals surface area contributed by atoms with Crippen molar-refractivity contribution in [3.8, 4) is 0 Å². The van der Waals surface area contributed by atoms with E-state index >= 15 is 0 Å². The summed E-state index contributed by atoms with van der Waals surface area (Å²) in [5.74, 6) is -16.1.